The molecule has 2 heterocycles. The third kappa shape index (κ3) is 1.66. The number of nitrogens with one attached hydrogen (secondary N) is 1. The molecule has 1 N–H and O–H groups in total. The molecule has 0 radical (unpaired) electrons. The molecule has 1 aliphatic heterocycles. The van der Waals surface area contributed by atoms with Crippen LogP contribution in [-0.4, -0.2) is 23.2 Å². The summed E-state index contributed by atoms with van der Waals surface area (Å²) in [5.74, 6) is 3.00. The van der Waals surface area contributed by atoms with Gasteiger partial charge in [-0.2, -0.15) is 4.98 Å². The van der Waals surface area contributed by atoms with E-state index in [0.717, 1.165) is 24.8 Å². The average Bonchev–Trinajstić information content (AvgIpc) is 2.48. The van der Waals surface area contributed by atoms with Crippen LogP contribution in [0.1, 0.15) is 44.3 Å². The zero-order chi connectivity index (χ0) is 10.1. The van der Waals surface area contributed by atoms with Gasteiger partial charge in [0.15, 0.2) is 5.82 Å². The highest BCUT2D eigenvalue weighted by Crippen LogP contribution is 2.26. The van der Waals surface area contributed by atoms with Crippen molar-refractivity contribution in [3.63, 3.8) is 0 Å². The maximum atomic E-state index is 5.26. The van der Waals surface area contributed by atoms with Crippen LogP contribution in [0.4, 0.5) is 0 Å². The topological polar surface area (TPSA) is 51.0 Å². The van der Waals surface area contributed by atoms with Gasteiger partial charge in [0.2, 0.25) is 5.89 Å². The molecule has 1 aromatic rings. The Hall–Kier alpha value is -0.900. The van der Waals surface area contributed by atoms with Gasteiger partial charge in [0.05, 0.1) is 0 Å². The molecule has 1 unspecified atom stereocenters. The van der Waals surface area contributed by atoms with Crippen LogP contribution in [0, 0.1) is 5.92 Å². The van der Waals surface area contributed by atoms with Gasteiger partial charge in [0.25, 0.3) is 0 Å². The quantitative estimate of drug-likeness (QED) is 0.794. The Morgan fingerprint density at radius 2 is 2.07 bits per heavy atom. The first-order valence-electron chi connectivity index (χ1n) is 5.22. The lowest BCUT2D eigenvalue weighted by Gasteiger charge is -2.30. The molecule has 2 rings (SSSR count). The zero-order valence-electron chi connectivity index (χ0n) is 8.95. The lowest BCUT2D eigenvalue weighted by Crippen LogP contribution is -2.44. The summed E-state index contributed by atoms with van der Waals surface area (Å²) in [5.41, 5.74) is 0. The van der Waals surface area contributed by atoms with Crippen molar-refractivity contribution in [3.05, 3.63) is 11.7 Å². The molecule has 1 aromatic heterocycles. The SMILES string of the molecule is CC(C)c1noc(C(C)C2CNC2)n1. The molecular weight excluding hydrogens is 178 g/mol. The number of rotatable bonds is 3. The van der Waals surface area contributed by atoms with Crippen molar-refractivity contribution in [3.8, 4) is 0 Å². The van der Waals surface area contributed by atoms with Crippen LogP contribution in [0.25, 0.3) is 0 Å². The molecule has 1 atom stereocenters. The van der Waals surface area contributed by atoms with Crippen molar-refractivity contribution >= 4 is 0 Å². The van der Waals surface area contributed by atoms with E-state index < -0.39 is 0 Å². The van der Waals surface area contributed by atoms with E-state index in [9.17, 15) is 0 Å². The average molecular weight is 195 g/mol. The highest BCUT2D eigenvalue weighted by Gasteiger charge is 2.28. The Bertz CT molecular complexity index is 304. The van der Waals surface area contributed by atoms with Gasteiger partial charge in [-0.05, 0) is 19.0 Å². The van der Waals surface area contributed by atoms with Crippen molar-refractivity contribution in [2.45, 2.75) is 32.6 Å². The van der Waals surface area contributed by atoms with Crippen molar-refractivity contribution in [1.82, 2.24) is 15.5 Å². The fourth-order valence-corrected chi connectivity index (χ4v) is 1.53. The summed E-state index contributed by atoms with van der Waals surface area (Å²) in [5, 5.41) is 7.22. The van der Waals surface area contributed by atoms with Crippen LogP contribution < -0.4 is 5.32 Å². The minimum atomic E-state index is 0.346. The van der Waals surface area contributed by atoms with Crippen LogP contribution in [0.5, 0.6) is 0 Å². The summed E-state index contributed by atoms with van der Waals surface area (Å²) < 4.78 is 5.26. The molecule has 1 aliphatic rings. The normalized spacial score (nSPS) is 19.7. The minimum absolute atomic E-state index is 0.346. The van der Waals surface area contributed by atoms with Crippen LogP contribution >= 0.6 is 0 Å². The second-order valence-corrected chi connectivity index (χ2v) is 4.35. The summed E-state index contributed by atoms with van der Waals surface area (Å²) >= 11 is 0. The summed E-state index contributed by atoms with van der Waals surface area (Å²) in [6.07, 6.45) is 0. The van der Waals surface area contributed by atoms with E-state index in [0.29, 0.717) is 17.8 Å². The largest absolute Gasteiger partial charge is 0.339 e. The molecule has 4 heteroatoms. The van der Waals surface area contributed by atoms with Crippen LogP contribution in [0.2, 0.25) is 0 Å². The highest BCUT2D eigenvalue weighted by atomic mass is 16.5. The maximum Gasteiger partial charge on any atom is 0.229 e. The van der Waals surface area contributed by atoms with Crippen molar-refractivity contribution in [1.29, 1.82) is 0 Å². The number of hydrogen-bond donors (Lipinski definition) is 1. The van der Waals surface area contributed by atoms with Gasteiger partial charge < -0.3 is 9.84 Å². The fraction of sp³-hybridized carbons (Fsp3) is 0.800. The number of nitrogens with zero attached hydrogens (tertiary/aromatic N) is 2. The van der Waals surface area contributed by atoms with Gasteiger partial charge in [0, 0.05) is 11.8 Å². The first-order chi connectivity index (χ1) is 6.68. The predicted molar refractivity (Wildman–Crippen MR) is 53.2 cm³/mol. The second kappa shape index (κ2) is 3.69. The van der Waals surface area contributed by atoms with E-state index in [1.54, 1.807) is 0 Å². The molecule has 0 saturated carbocycles. The van der Waals surface area contributed by atoms with Crippen molar-refractivity contribution in [2.24, 2.45) is 5.92 Å². The van der Waals surface area contributed by atoms with E-state index in [-0.39, 0.29) is 0 Å². The third-order valence-corrected chi connectivity index (χ3v) is 2.88. The Balaban J connectivity index is 2.07. The molecule has 14 heavy (non-hydrogen) atoms. The van der Waals surface area contributed by atoms with E-state index in [4.69, 9.17) is 4.52 Å². The Kier molecular flexibility index (Phi) is 2.54. The smallest absolute Gasteiger partial charge is 0.229 e. The molecule has 1 saturated heterocycles. The first-order valence-corrected chi connectivity index (χ1v) is 5.22. The first kappa shape index (κ1) is 9.65. The summed E-state index contributed by atoms with van der Waals surface area (Å²) in [4.78, 5) is 4.41. The second-order valence-electron chi connectivity index (χ2n) is 4.35. The van der Waals surface area contributed by atoms with E-state index in [1.165, 1.54) is 0 Å². The van der Waals surface area contributed by atoms with Crippen molar-refractivity contribution in [2.75, 3.05) is 13.1 Å². The molecule has 0 bridgehead atoms. The van der Waals surface area contributed by atoms with Gasteiger partial charge in [-0.15, -0.1) is 0 Å². The molecule has 0 spiro atoms. The lowest BCUT2D eigenvalue weighted by atomic mass is 9.89. The maximum absolute atomic E-state index is 5.26. The predicted octanol–water partition coefficient (Wildman–Crippen LogP) is 1.52. The summed E-state index contributed by atoms with van der Waals surface area (Å²) in [6, 6.07) is 0. The minimum Gasteiger partial charge on any atom is -0.339 e. The zero-order valence-corrected chi connectivity index (χ0v) is 8.95. The van der Waals surface area contributed by atoms with Gasteiger partial charge in [-0.25, -0.2) is 0 Å². The van der Waals surface area contributed by atoms with Gasteiger partial charge in [-0.3, -0.25) is 0 Å². The third-order valence-electron chi connectivity index (χ3n) is 2.88. The number of hydrogen-bond acceptors (Lipinski definition) is 4. The lowest BCUT2D eigenvalue weighted by molar-refractivity contribution is 0.252. The van der Waals surface area contributed by atoms with Crippen LogP contribution in [0.3, 0.4) is 0 Å². The molecule has 78 valence electrons. The van der Waals surface area contributed by atoms with Gasteiger partial charge in [-0.1, -0.05) is 25.9 Å². The van der Waals surface area contributed by atoms with Crippen LogP contribution in [0.15, 0.2) is 4.52 Å². The van der Waals surface area contributed by atoms with E-state index >= 15 is 0 Å². The monoisotopic (exact) mass is 195 g/mol. The standard InChI is InChI=1S/C10H17N3O/c1-6(2)9-12-10(14-13-9)7(3)8-4-11-5-8/h6-8,11H,4-5H2,1-3H3. The number of aromatic nitrogens is 2. The molecule has 0 amide bonds. The highest BCUT2D eigenvalue weighted by molar-refractivity contribution is 5.00. The fourth-order valence-electron chi connectivity index (χ4n) is 1.53. The Labute approximate surface area is 84.1 Å². The van der Waals surface area contributed by atoms with Crippen molar-refractivity contribution < 1.29 is 4.52 Å². The Morgan fingerprint density at radius 3 is 2.50 bits per heavy atom. The van der Waals surface area contributed by atoms with Gasteiger partial charge >= 0.3 is 0 Å². The molecule has 1 fully saturated rings. The molecule has 0 aromatic carbocycles. The van der Waals surface area contributed by atoms with E-state index in [2.05, 4.69) is 36.2 Å². The summed E-state index contributed by atoms with van der Waals surface area (Å²) in [7, 11) is 0. The summed E-state index contributed by atoms with van der Waals surface area (Å²) in [6.45, 7) is 8.44. The van der Waals surface area contributed by atoms with Crippen LogP contribution in [-0.2, 0) is 0 Å². The molecule has 0 aliphatic carbocycles. The molecule has 4 nitrogen and oxygen atoms in total. The van der Waals surface area contributed by atoms with Gasteiger partial charge in [0.1, 0.15) is 0 Å². The Morgan fingerprint density at radius 1 is 1.36 bits per heavy atom. The van der Waals surface area contributed by atoms with E-state index in [1.807, 2.05) is 0 Å². The molecular formula is C10H17N3O.